The Bertz CT molecular complexity index is 1060. The fourth-order valence-electron chi connectivity index (χ4n) is 3.00. The second kappa shape index (κ2) is 8.06. The van der Waals surface area contributed by atoms with Gasteiger partial charge in [0.1, 0.15) is 13.2 Å². The first-order valence-corrected chi connectivity index (χ1v) is 9.28. The first-order valence-electron chi connectivity index (χ1n) is 9.28. The van der Waals surface area contributed by atoms with Crippen molar-refractivity contribution in [3.8, 4) is 11.5 Å². The molecule has 6 heteroatoms. The van der Waals surface area contributed by atoms with Crippen LogP contribution in [0.3, 0.4) is 0 Å². The molecule has 3 aromatic carbocycles. The van der Waals surface area contributed by atoms with Gasteiger partial charge in [0, 0.05) is 28.6 Å². The Morgan fingerprint density at radius 1 is 0.759 bits per heavy atom. The number of carbonyl (C=O) groups is 2. The highest BCUT2D eigenvalue weighted by molar-refractivity contribution is 6.07. The summed E-state index contributed by atoms with van der Waals surface area (Å²) in [6.45, 7) is 2.93. The molecule has 0 atom stereocenters. The van der Waals surface area contributed by atoms with Gasteiger partial charge >= 0.3 is 0 Å². The molecule has 0 saturated heterocycles. The molecule has 1 aliphatic heterocycles. The van der Waals surface area contributed by atoms with Crippen LogP contribution in [0.2, 0.25) is 0 Å². The number of nitrogens with one attached hydrogen (secondary N) is 2. The van der Waals surface area contributed by atoms with Crippen LogP contribution < -0.4 is 20.1 Å². The van der Waals surface area contributed by atoms with Crippen molar-refractivity contribution in [2.75, 3.05) is 23.8 Å². The minimum Gasteiger partial charge on any atom is -0.486 e. The van der Waals surface area contributed by atoms with Gasteiger partial charge in [-0.3, -0.25) is 9.59 Å². The normalized spacial score (nSPS) is 12.2. The minimum atomic E-state index is -0.271. The molecule has 0 spiro atoms. The Labute approximate surface area is 168 Å². The van der Waals surface area contributed by atoms with E-state index < -0.39 is 0 Å². The fourth-order valence-corrected chi connectivity index (χ4v) is 3.00. The van der Waals surface area contributed by atoms with Crippen LogP contribution in [0.15, 0.2) is 66.7 Å². The lowest BCUT2D eigenvalue weighted by Gasteiger charge is -2.19. The first-order chi connectivity index (χ1) is 14.1. The van der Waals surface area contributed by atoms with Gasteiger partial charge in [0.25, 0.3) is 11.8 Å². The average Bonchev–Trinajstić information content (AvgIpc) is 2.75. The summed E-state index contributed by atoms with van der Waals surface area (Å²) in [5.74, 6) is 0.779. The van der Waals surface area contributed by atoms with Gasteiger partial charge in [-0.15, -0.1) is 0 Å². The summed E-state index contributed by atoms with van der Waals surface area (Å²) in [5.41, 5.74) is 3.28. The van der Waals surface area contributed by atoms with E-state index >= 15 is 0 Å². The zero-order valence-electron chi connectivity index (χ0n) is 15.9. The molecular formula is C23H20N2O4. The Morgan fingerprint density at radius 3 is 2.07 bits per heavy atom. The average molecular weight is 388 g/mol. The van der Waals surface area contributed by atoms with Crippen molar-refractivity contribution in [3.05, 3.63) is 83.4 Å². The number of amides is 2. The summed E-state index contributed by atoms with van der Waals surface area (Å²) >= 11 is 0. The third-order valence-electron chi connectivity index (χ3n) is 4.60. The maximum Gasteiger partial charge on any atom is 0.255 e. The van der Waals surface area contributed by atoms with Crippen LogP contribution in [0.5, 0.6) is 11.5 Å². The van der Waals surface area contributed by atoms with E-state index in [1.165, 1.54) is 0 Å². The summed E-state index contributed by atoms with van der Waals surface area (Å²) in [6.07, 6.45) is 0. The van der Waals surface area contributed by atoms with E-state index in [2.05, 4.69) is 10.6 Å². The predicted molar refractivity (Wildman–Crippen MR) is 111 cm³/mol. The van der Waals surface area contributed by atoms with E-state index in [9.17, 15) is 9.59 Å². The van der Waals surface area contributed by atoms with E-state index in [4.69, 9.17) is 9.47 Å². The number of carbonyl (C=O) groups excluding carboxylic acids is 2. The van der Waals surface area contributed by atoms with Crippen molar-refractivity contribution in [2.45, 2.75) is 6.92 Å². The van der Waals surface area contributed by atoms with E-state index in [1.807, 2.05) is 31.2 Å². The molecule has 0 unspecified atom stereocenters. The lowest BCUT2D eigenvalue weighted by atomic mass is 10.1. The standard InChI is InChI=1S/C23H20N2O4/c1-15-4-2-3-5-19(15)25-23(27)17-8-6-16(7-9-17)22(26)24-18-10-11-20-21(14-18)29-13-12-28-20/h2-11,14H,12-13H2,1H3,(H,24,26)(H,25,27). The van der Waals surface area contributed by atoms with Gasteiger partial charge in [0.05, 0.1) is 0 Å². The van der Waals surface area contributed by atoms with Gasteiger partial charge in [-0.25, -0.2) is 0 Å². The molecule has 0 saturated carbocycles. The Kier molecular flexibility index (Phi) is 5.16. The van der Waals surface area contributed by atoms with Crippen LogP contribution in [0.25, 0.3) is 0 Å². The van der Waals surface area contributed by atoms with E-state index in [0.29, 0.717) is 41.5 Å². The number of hydrogen-bond acceptors (Lipinski definition) is 4. The van der Waals surface area contributed by atoms with Crippen molar-refractivity contribution in [2.24, 2.45) is 0 Å². The molecule has 0 bridgehead atoms. The number of ether oxygens (including phenoxy) is 2. The van der Waals surface area contributed by atoms with Crippen LogP contribution in [0.1, 0.15) is 26.3 Å². The van der Waals surface area contributed by atoms with Crippen molar-refractivity contribution in [3.63, 3.8) is 0 Å². The first kappa shape index (κ1) is 18.6. The molecule has 146 valence electrons. The second-order valence-corrected chi connectivity index (χ2v) is 6.66. The van der Waals surface area contributed by atoms with Crippen LogP contribution >= 0.6 is 0 Å². The number of para-hydroxylation sites is 1. The molecule has 29 heavy (non-hydrogen) atoms. The molecule has 0 aromatic heterocycles. The summed E-state index contributed by atoms with van der Waals surface area (Å²) in [4.78, 5) is 25.0. The Morgan fingerprint density at radius 2 is 1.38 bits per heavy atom. The smallest absolute Gasteiger partial charge is 0.255 e. The molecular weight excluding hydrogens is 368 g/mol. The molecule has 6 nitrogen and oxygen atoms in total. The van der Waals surface area contributed by atoms with Gasteiger partial charge in [0.15, 0.2) is 11.5 Å². The summed E-state index contributed by atoms with van der Waals surface area (Å²) in [5, 5.41) is 5.71. The van der Waals surface area contributed by atoms with E-state index in [1.54, 1.807) is 42.5 Å². The fraction of sp³-hybridized carbons (Fsp3) is 0.130. The summed E-state index contributed by atoms with van der Waals surface area (Å²) in [7, 11) is 0. The third-order valence-corrected chi connectivity index (χ3v) is 4.60. The molecule has 3 aromatic rings. The van der Waals surface area contributed by atoms with Crippen molar-refractivity contribution in [1.29, 1.82) is 0 Å². The Balaban J connectivity index is 1.42. The number of fused-ring (bicyclic) bond motifs is 1. The van der Waals surface area contributed by atoms with Gasteiger partial charge < -0.3 is 20.1 Å². The SMILES string of the molecule is Cc1ccccc1NC(=O)c1ccc(C(=O)Nc2ccc3c(c2)OCCO3)cc1. The highest BCUT2D eigenvalue weighted by Gasteiger charge is 2.14. The van der Waals surface area contributed by atoms with Gasteiger partial charge in [-0.05, 0) is 55.0 Å². The number of anilines is 2. The molecule has 4 rings (SSSR count). The number of aryl methyl sites for hydroxylation is 1. The van der Waals surface area contributed by atoms with Gasteiger partial charge in [-0.1, -0.05) is 18.2 Å². The largest absolute Gasteiger partial charge is 0.486 e. The second-order valence-electron chi connectivity index (χ2n) is 6.66. The quantitative estimate of drug-likeness (QED) is 0.700. The van der Waals surface area contributed by atoms with Crippen LogP contribution in [0, 0.1) is 6.92 Å². The van der Waals surface area contributed by atoms with Gasteiger partial charge in [-0.2, -0.15) is 0 Å². The molecule has 1 heterocycles. The third kappa shape index (κ3) is 4.21. The topological polar surface area (TPSA) is 76.7 Å². The number of rotatable bonds is 4. The van der Waals surface area contributed by atoms with Crippen molar-refractivity contribution < 1.29 is 19.1 Å². The highest BCUT2D eigenvalue weighted by Crippen LogP contribution is 2.32. The monoisotopic (exact) mass is 388 g/mol. The number of benzene rings is 3. The zero-order chi connectivity index (χ0) is 20.2. The molecule has 1 aliphatic rings. The maximum atomic E-state index is 12.5. The maximum absolute atomic E-state index is 12.5. The summed E-state index contributed by atoms with van der Waals surface area (Å²) in [6, 6.07) is 19.3. The van der Waals surface area contributed by atoms with Crippen molar-refractivity contribution >= 4 is 23.2 Å². The molecule has 0 radical (unpaired) electrons. The van der Waals surface area contributed by atoms with Crippen LogP contribution in [0.4, 0.5) is 11.4 Å². The predicted octanol–water partition coefficient (Wildman–Crippen LogP) is 4.27. The number of hydrogen-bond donors (Lipinski definition) is 2. The lowest BCUT2D eigenvalue weighted by molar-refractivity contribution is 0.101. The summed E-state index contributed by atoms with van der Waals surface area (Å²) < 4.78 is 11.0. The van der Waals surface area contributed by atoms with E-state index in [0.717, 1.165) is 11.3 Å². The molecule has 0 aliphatic carbocycles. The molecule has 2 amide bonds. The van der Waals surface area contributed by atoms with E-state index in [-0.39, 0.29) is 11.8 Å². The molecule has 2 N–H and O–H groups in total. The highest BCUT2D eigenvalue weighted by atomic mass is 16.6. The minimum absolute atomic E-state index is 0.224. The zero-order valence-corrected chi connectivity index (χ0v) is 15.9. The lowest BCUT2D eigenvalue weighted by Crippen LogP contribution is -2.17. The van der Waals surface area contributed by atoms with Crippen molar-refractivity contribution in [1.82, 2.24) is 0 Å². The van der Waals surface area contributed by atoms with Crippen LogP contribution in [-0.2, 0) is 0 Å². The molecule has 0 fully saturated rings. The van der Waals surface area contributed by atoms with Gasteiger partial charge in [0.2, 0.25) is 0 Å². The Hall–Kier alpha value is -3.80. The van der Waals surface area contributed by atoms with Crippen LogP contribution in [-0.4, -0.2) is 25.0 Å².